The van der Waals surface area contributed by atoms with Crippen LogP contribution in [0.5, 0.6) is 5.75 Å². The maximum atomic E-state index is 11.6. The highest BCUT2D eigenvalue weighted by Crippen LogP contribution is 2.26. The summed E-state index contributed by atoms with van der Waals surface area (Å²) < 4.78 is 6.16. The monoisotopic (exact) mass is 293 g/mol. The summed E-state index contributed by atoms with van der Waals surface area (Å²) in [6.07, 6.45) is 1.82. The number of thioether (sulfide) groups is 1. The highest BCUT2D eigenvalue weighted by atomic mass is 32.2. The topological polar surface area (TPSA) is 38.3 Å². The van der Waals surface area contributed by atoms with E-state index < -0.39 is 0 Å². The number of benzene rings is 1. The molecule has 1 heterocycles. The first-order chi connectivity index (χ1) is 9.04. The Labute approximate surface area is 122 Å². The van der Waals surface area contributed by atoms with Gasteiger partial charge in [0, 0.05) is 0 Å². The fourth-order valence-corrected chi connectivity index (χ4v) is 2.57. The Kier molecular flexibility index (Phi) is 4.61. The van der Waals surface area contributed by atoms with Gasteiger partial charge in [-0.1, -0.05) is 50.0 Å². The van der Waals surface area contributed by atoms with E-state index in [1.165, 1.54) is 11.8 Å². The van der Waals surface area contributed by atoms with Gasteiger partial charge in [0.15, 0.2) is 0 Å². The van der Waals surface area contributed by atoms with Crippen LogP contribution in [-0.2, 0) is 4.79 Å². The van der Waals surface area contributed by atoms with Crippen molar-refractivity contribution in [3.8, 4) is 5.75 Å². The minimum atomic E-state index is -0.136. The van der Waals surface area contributed by atoms with Crippen molar-refractivity contribution in [2.45, 2.75) is 13.8 Å². The average molecular weight is 293 g/mol. The van der Waals surface area contributed by atoms with Gasteiger partial charge in [-0.2, -0.15) is 0 Å². The molecule has 0 atom stereocenters. The number of hydrogen-bond acceptors (Lipinski definition) is 4. The molecule has 1 aliphatic rings. The molecular formula is C14H15NO2S2. The normalized spacial score (nSPS) is 17.1. The van der Waals surface area contributed by atoms with Crippen molar-refractivity contribution < 1.29 is 9.53 Å². The van der Waals surface area contributed by atoms with Crippen LogP contribution in [0.1, 0.15) is 19.4 Å². The molecule has 0 spiro atoms. The van der Waals surface area contributed by atoms with Gasteiger partial charge >= 0.3 is 0 Å². The Balaban J connectivity index is 2.13. The second-order valence-corrected chi connectivity index (χ2v) is 6.35. The minimum Gasteiger partial charge on any atom is -0.493 e. The summed E-state index contributed by atoms with van der Waals surface area (Å²) >= 11 is 6.23. The molecule has 5 heteroatoms. The first-order valence-corrected chi connectivity index (χ1v) is 7.25. The lowest BCUT2D eigenvalue weighted by atomic mass is 10.2. The first kappa shape index (κ1) is 14.1. The lowest BCUT2D eigenvalue weighted by molar-refractivity contribution is -0.115. The summed E-state index contributed by atoms with van der Waals surface area (Å²) in [6, 6.07) is 7.68. The minimum absolute atomic E-state index is 0.136. The van der Waals surface area contributed by atoms with Crippen molar-refractivity contribution in [1.29, 1.82) is 0 Å². The zero-order chi connectivity index (χ0) is 13.8. The standard InChI is InChI=1S/C14H15NO2S2/c1-9(2)8-17-11-5-3-4-10(6-11)7-12-13(16)15-14(18)19-12/h3-7,9H,8H2,1-2H3,(H,15,16,18). The van der Waals surface area contributed by atoms with Crippen LogP contribution in [0.25, 0.3) is 6.08 Å². The van der Waals surface area contributed by atoms with Crippen LogP contribution in [0.3, 0.4) is 0 Å². The molecule has 0 radical (unpaired) electrons. The molecule has 3 nitrogen and oxygen atoms in total. The van der Waals surface area contributed by atoms with E-state index in [1.54, 1.807) is 0 Å². The largest absolute Gasteiger partial charge is 0.493 e. The number of amides is 1. The van der Waals surface area contributed by atoms with Crippen LogP contribution in [0.2, 0.25) is 0 Å². The van der Waals surface area contributed by atoms with Crippen LogP contribution < -0.4 is 10.1 Å². The van der Waals surface area contributed by atoms with Crippen molar-refractivity contribution in [3.63, 3.8) is 0 Å². The van der Waals surface area contributed by atoms with Crippen LogP contribution in [0.15, 0.2) is 29.2 Å². The van der Waals surface area contributed by atoms with Crippen LogP contribution in [0.4, 0.5) is 0 Å². The smallest absolute Gasteiger partial charge is 0.263 e. The van der Waals surface area contributed by atoms with Crippen molar-refractivity contribution in [3.05, 3.63) is 34.7 Å². The van der Waals surface area contributed by atoms with Crippen LogP contribution >= 0.6 is 24.0 Å². The van der Waals surface area contributed by atoms with Gasteiger partial charge in [-0.3, -0.25) is 4.79 Å². The van der Waals surface area contributed by atoms with Crippen LogP contribution in [0, 0.1) is 5.92 Å². The summed E-state index contributed by atoms with van der Waals surface area (Å²) in [5.74, 6) is 1.16. The molecule has 1 aromatic rings. The fourth-order valence-electron chi connectivity index (χ4n) is 1.53. The Bertz CT molecular complexity index is 538. The Morgan fingerprint density at radius 3 is 2.89 bits per heavy atom. The van der Waals surface area contributed by atoms with Crippen molar-refractivity contribution in [2.24, 2.45) is 5.92 Å². The lowest BCUT2D eigenvalue weighted by Gasteiger charge is -2.08. The number of thiocarbonyl (C=S) groups is 1. The molecule has 0 saturated carbocycles. The third-order valence-corrected chi connectivity index (χ3v) is 3.54. The third kappa shape index (κ3) is 4.08. The summed E-state index contributed by atoms with van der Waals surface area (Å²) in [6.45, 7) is 4.89. The number of hydrogen-bond donors (Lipinski definition) is 1. The van der Waals surface area contributed by atoms with E-state index in [4.69, 9.17) is 17.0 Å². The fraction of sp³-hybridized carbons (Fsp3) is 0.286. The van der Waals surface area contributed by atoms with Gasteiger partial charge in [-0.15, -0.1) is 0 Å². The summed E-state index contributed by atoms with van der Waals surface area (Å²) in [5.41, 5.74) is 0.934. The highest BCUT2D eigenvalue weighted by molar-refractivity contribution is 8.26. The average Bonchev–Trinajstić information content (AvgIpc) is 2.66. The van der Waals surface area contributed by atoms with E-state index in [-0.39, 0.29) is 5.91 Å². The number of ether oxygens (including phenoxy) is 1. The number of rotatable bonds is 4. The molecule has 1 amide bonds. The molecule has 1 saturated heterocycles. The van der Waals surface area contributed by atoms with E-state index in [1.807, 2.05) is 30.3 Å². The zero-order valence-corrected chi connectivity index (χ0v) is 12.4. The maximum Gasteiger partial charge on any atom is 0.263 e. The molecule has 0 aromatic heterocycles. The van der Waals surface area contributed by atoms with Gasteiger partial charge in [-0.05, 0) is 29.7 Å². The van der Waals surface area contributed by atoms with Gasteiger partial charge in [0.1, 0.15) is 10.1 Å². The van der Waals surface area contributed by atoms with Crippen molar-refractivity contribution in [2.75, 3.05) is 6.61 Å². The van der Waals surface area contributed by atoms with E-state index >= 15 is 0 Å². The first-order valence-electron chi connectivity index (χ1n) is 6.02. The van der Waals surface area contributed by atoms with Gasteiger partial charge in [0.2, 0.25) is 0 Å². The predicted octanol–water partition coefficient (Wildman–Crippen LogP) is 3.21. The lowest BCUT2D eigenvalue weighted by Crippen LogP contribution is -2.17. The number of nitrogens with one attached hydrogen (secondary N) is 1. The number of carbonyl (C=O) groups excluding carboxylic acids is 1. The molecule has 0 bridgehead atoms. The second kappa shape index (κ2) is 6.21. The van der Waals surface area contributed by atoms with Gasteiger partial charge in [0.05, 0.1) is 11.5 Å². The maximum absolute atomic E-state index is 11.6. The molecular weight excluding hydrogens is 278 g/mol. The molecule has 1 aliphatic heterocycles. The van der Waals surface area contributed by atoms with E-state index in [2.05, 4.69) is 19.2 Å². The molecule has 19 heavy (non-hydrogen) atoms. The third-order valence-electron chi connectivity index (χ3n) is 2.38. The van der Waals surface area contributed by atoms with Gasteiger partial charge in [0.25, 0.3) is 5.91 Å². The molecule has 1 aromatic carbocycles. The summed E-state index contributed by atoms with van der Waals surface area (Å²) in [7, 11) is 0. The van der Waals surface area contributed by atoms with E-state index in [0.717, 1.165) is 11.3 Å². The van der Waals surface area contributed by atoms with Crippen molar-refractivity contribution >= 4 is 40.3 Å². The SMILES string of the molecule is CC(C)COc1cccc(C=C2SC(=S)NC2=O)c1. The zero-order valence-electron chi connectivity index (χ0n) is 10.8. The predicted molar refractivity (Wildman–Crippen MR) is 83.1 cm³/mol. The van der Waals surface area contributed by atoms with Crippen LogP contribution in [-0.4, -0.2) is 16.8 Å². The molecule has 0 aliphatic carbocycles. The quantitative estimate of drug-likeness (QED) is 0.683. The molecule has 2 rings (SSSR count). The Hall–Kier alpha value is -1.33. The van der Waals surface area contributed by atoms with Crippen molar-refractivity contribution in [1.82, 2.24) is 5.32 Å². The summed E-state index contributed by atoms with van der Waals surface area (Å²) in [5, 5.41) is 2.60. The second-order valence-electron chi connectivity index (χ2n) is 4.63. The van der Waals surface area contributed by atoms with Gasteiger partial charge < -0.3 is 10.1 Å². The van der Waals surface area contributed by atoms with E-state index in [9.17, 15) is 4.79 Å². The number of carbonyl (C=O) groups is 1. The highest BCUT2D eigenvalue weighted by Gasteiger charge is 2.21. The van der Waals surface area contributed by atoms with E-state index in [0.29, 0.717) is 21.8 Å². The molecule has 0 unspecified atom stereocenters. The Morgan fingerprint density at radius 1 is 1.47 bits per heavy atom. The Morgan fingerprint density at radius 2 is 2.26 bits per heavy atom. The van der Waals surface area contributed by atoms with Gasteiger partial charge in [-0.25, -0.2) is 0 Å². The molecule has 1 fully saturated rings. The summed E-state index contributed by atoms with van der Waals surface area (Å²) in [4.78, 5) is 12.2. The molecule has 1 N–H and O–H groups in total. The molecule has 100 valence electrons.